The van der Waals surface area contributed by atoms with Crippen LogP contribution in [-0.4, -0.2) is 49.5 Å². The summed E-state index contributed by atoms with van der Waals surface area (Å²) in [4.78, 5) is 22.7. The number of methoxy groups -OCH3 is 2. The van der Waals surface area contributed by atoms with E-state index in [1.54, 1.807) is 0 Å². The van der Waals surface area contributed by atoms with Crippen LogP contribution < -0.4 is 5.32 Å². The molecule has 1 aliphatic carbocycles. The van der Waals surface area contributed by atoms with Crippen molar-refractivity contribution in [2.75, 3.05) is 20.8 Å². The number of nitrogens with one attached hydrogen (secondary N) is 1. The van der Waals surface area contributed by atoms with Gasteiger partial charge in [0.05, 0.1) is 6.61 Å². The fourth-order valence-corrected chi connectivity index (χ4v) is 1.64. The molecule has 0 aromatic carbocycles. The lowest BCUT2D eigenvalue weighted by molar-refractivity contribution is -0.154. The monoisotopic (exact) mass is 231 g/mol. The van der Waals surface area contributed by atoms with E-state index < -0.39 is 23.5 Å². The highest BCUT2D eigenvalue weighted by molar-refractivity contribution is 5.89. The fourth-order valence-electron chi connectivity index (χ4n) is 1.64. The number of hydrogen-bond acceptors (Lipinski definition) is 4. The first-order valence-electron chi connectivity index (χ1n) is 5.13. The van der Waals surface area contributed by atoms with Gasteiger partial charge >= 0.3 is 5.97 Å². The molecule has 1 rings (SSSR count). The maximum absolute atomic E-state index is 11.7. The van der Waals surface area contributed by atoms with Gasteiger partial charge < -0.3 is 19.9 Å². The van der Waals surface area contributed by atoms with Gasteiger partial charge in [0.15, 0.2) is 6.10 Å². The van der Waals surface area contributed by atoms with E-state index in [-0.39, 0.29) is 6.61 Å². The molecule has 92 valence electrons. The minimum Gasteiger partial charge on any atom is -0.480 e. The maximum atomic E-state index is 11.7. The quantitative estimate of drug-likeness (QED) is 0.659. The molecule has 0 bridgehead atoms. The molecule has 1 unspecified atom stereocenters. The van der Waals surface area contributed by atoms with Gasteiger partial charge in [-0.1, -0.05) is 0 Å². The summed E-state index contributed by atoms with van der Waals surface area (Å²) in [5.41, 5.74) is -1.10. The van der Waals surface area contributed by atoms with Gasteiger partial charge in [-0.2, -0.15) is 0 Å². The molecule has 1 aliphatic rings. The molecule has 1 amide bonds. The van der Waals surface area contributed by atoms with E-state index >= 15 is 0 Å². The van der Waals surface area contributed by atoms with Crippen LogP contribution in [-0.2, 0) is 19.1 Å². The van der Waals surface area contributed by atoms with Crippen molar-refractivity contribution in [1.29, 1.82) is 0 Å². The summed E-state index contributed by atoms with van der Waals surface area (Å²) in [6, 6.07) is 0. The molecule has 0 heterocycles. The Hall–Kier alpha value is -1.14. The Morgan fingerprint density at radius 1 is 1.44 bits per heavy atom. The van der Waals surface area contributed by atoms with E-state index in [2.05, 4.69) is 5.32 Å². The second-order valence-corrected chi connectivity index (χ2v) is 3.91. The highest BCUT2D eigenvalue weighted by Crippen LogP contribution is 2.32. The Balaban J connectivity index is 2.58. The second-order valence-electron chi connectivity index (χ2n) is 3.91. The normalized spacial score (nSPS) is 19.6. The van der Waals surface area contributed by atoms with Crippen LogP contribution >= 0.6 is 0 Å². The number of carboxylic acids is 1. The van der Waals surface area contributed by atoms with E-state index in [4.69, 9.17) is 14.6 Å². The summed E-state index contributed by atoms with van der Waals surface area (Å²) in [7, 11) is 2.84. The average molecular weight is 231 g/mol. The van der Waals surface area contributed by atoms with Gasteiger partial charge in [0.2, 0.25) is 0 Å². The largest absolute Gasteiger partial charge is 0.480 e. The third-order valence-corrected chi connectivity index (χ3v) is 2.87. The minimum absolute atomic E-state index is 0.109. The standard InChI is InChI=1S/C10H17NO5/c1-15-6-7(16-2)8(12)11-10(9(13)14)4-3-5-10/h7H,3-6H2,1-2H3,(H,11,12)(H,13,14). The smallest absolute Gasteiger partial charge is 0.329 e. The van der Waals surface area contributed by atoms with E-state index in [9.17, 15) is 9.59 Å². The van der Waals surface area contributed by atoms with Crippen molar-refractivity contribution in [3.05, 3.63) is 0 Å². The number of amides is 1. The van der Waals surface area contributed by atoms with Gasteiger partial charge in [-0.15, -0.1) is 0 Å². The van der Waals surface area contributed by atoms with Gasteiger partial charge in [-0.25, -0.2) is 4.79 Å². The predicted octanol–water partition coefficient (Wildman–Crippen LogP) is -0.229. The number of rotatable bonds is 6. The molecular weight excluding hydrogens is 214 g/mol. The van der Waals surface area contributed by atoms with Gasteiger partial charge in [0.1, 0.15) is 5.54 Å². The number of carbonyl (C=O) groups excluding carboxylic acids is 1. The summed E-state index contributed by atoms with van der Waals surface area (Å²) in [6.07, 6.45) is 0.991. The molecule has 0 spiro atoms. The van der Waals surface area contributed by atoms with Crippen LogP contribution in [0.4, 0.5) is 0 Å². The zero-order valence-corrected chi connectivity index (χ0v) is 9.49. The van der Waals surface area contributed by atoms with E-state index in [1.807, 2.05) is 0 Å². The first kappa shape index (κ1) is 12.9. The SMILES string of the molecule is COCC(OC)C(=O)NC1(C(=O)O)CCC1. The number of aliphatic carboxylic acids is 1. The lowest BCUT2D eigenvalue weighted by Gasteiger charge is -2.38. The summed E-state index contributed by atoms with van der Waals surface area (Å²) < 4.78 is 9.73. The molecule has 0 aliphatic heterocycles. The predicted molar refractivity (Wildman–Crippen MR) is 55.0 cm³/mol. The van der Waals surface area contributed by atoms with E-state index in [0.29, 0.717) is 12.8 Å². The molecule has 1 saturated carbocycles. The van der Waals surface area contributed by atoms with Crippen LogP contribution in [0, 0.1) is 0 Å². The number of ether oxygens (including phenoxy) is 2. The number of hydrogen-bond donors (Lipinski definition) is 2. The van der Waals surface area contributed by atoms with Gasteiger partial charge in [-0.05, 0) is 19.3 Å². The molecule has 0 aromatic rings. The Morgan fingerprint density at radius 2 is 2.06 bits per heavy atom. The van der Waals surface area contributed by atoms with E-state index in [0.717, 1.165) is 6.42 Å². The molecule has 1 fully saturated rings. The molecule has 0 aromatic heterocycles. The summed E-state index contributed by atoms with van der Waals surface area (Å²) in [5.74, 6) is -1.43. The molecule has 2 N–H and O–H groups in total. The second kappa shape index (κ2) is 5.27. The van der Waals surface area contributed by atoms with Crippen LogP contribution in [0.3, 0.4) is 0 Å². The van der Waals surface area contributed by atoms with Crippen LogP contribution in [0.15, 0.2) is 0 Å². The van der Waals surface area contributed by atoms with Crippen LogP contribution in [0.2, 0.25) is 0 Å². The van der Waals surface area contributed by atoms with Crippen molar-refractivity contribution in [3.8, 4) is 0 Å². The Morgan fingerprint density at radius 3 is 2.38 bits per heavy atom. The Labute approximate surface area is 93.9 Å². The van der Waals surface area contributed by atoms with Gasteiger partial charge in [-0.3, -0.25) is 4.79 Å². The molecule has 0 radical (unpaired) electrons. The molecule has 1 atom stereocenters. The number of carbonyl (C=O) groups is 2. The maximum Gasteiger partial charge on any atom is 0.329 e. The van der Waals surface area contributed by atoms with Crippen LogP contribution in [0.25, 0.3) is 0 Å². The van der Waals surface area contributed by atoms with Crippen LogP contribution in [0.5, 0.6) is 0 Å². The third kappa shape index (κ3) is 2.51. The topological polar surface area (TPSA) is 84.9 Å². The van der Waals surface area contributed by atoms with Crippen molar-refractivity contribution >= 4 is 11.9 Å². The van der Waals surface area contributed by atoms with Crippen molar-refractivity contribution in [1.82, 2.24) is 5.32 Å². The summed E-state index contributed by atoms with van der Waals surface area (Å²) in [6.45, 7) is 0.109. The molecular formula is C10H17NO5. The minimum atomic E-state index is -1.10. The third-order valence-electron chi connectivity index (χ3n) is 2.87. The Bertz CT molecular complexity index is 274. The lowest BCUT2D eigenvalue weighted by Crippen LogP contribution is -2.61. The zero-order valence-electron chi connectivity index (χ0n) is 9.49. The summed E-state index contributed by atoms with van der Waals surface area (Å²) >= 11 is 0. The molecule has 6 heteroatoms. The molecule has 0 saturated heterocycles. The van der Waals surface area contributed by atoms with E-state index in [1.165, 1.54) is 14.2 Å². The average Bonchev–Trinajstić information content (AvgIpc) is 2.18. The number of carboxylic acid groups (broad SMARTS) is 1. The van der Waals surface area contributed by atoms with Gasteiger partial charge in [0, 0.05) is 14.2 Å². The summed E-state index contributed by atoms with van der Waals surface area (Å²) in [5, 5.41) is 11.6. The molecule has 6 nitrogen and oxygen atoms in total. The lowest BCUT2D eigenvalue weighted by atomic mass is 9.76. The van der Waals surface area contributed by atoms with Gasteiger partial charge in [0.25, 0.3) is 5.91 Å². The van der Waals surface area contributed by atoms with Crippen molar-refractivity contribution in [3.63, 3.8) is 0 Å². The van der Waals surface area contributed by atoms with Crippen molar-refractivity contribution in [2.24, 2.45) is 0 Å². The van der Waals surface area contributed by atoms with Crippen LogP contribution in [0.1, 0.15) is 19.3 Å². The zero-order chi connectivity index (χ0) is 12.2. The van der Waals surface area contributed by atoms with Crippen molar-refractivity contribution < 1.29 is 24.2 Å². The Kier molecular flexibility index (Phi) is 4.26. The first-order chi connectivity index (χ1) is 7.55. The highest BCUT2D eigenvalue weighted by Gasteiger charge is 2.46. The first-order valence-corrected chi connectivity index (χ1v) is 5.13. The molecule has 16 heavy (non-hydrogen) atoms. The highest BCUT2D eigenvalue weighted by atomic mass is 16.5. The van der Waals surface area contributed by atoms with Crippen molar-refractivity contribution in [2.45, 2.75) is 30.9 Å². The fraction of sp³-hybridized carbons (Fsp3) is 0.800.